The molecule has 0 unspecified atom stereocenters. The Morgan fingerprint density at radius 1 is 1.14 bits per heavy atom. The Labute approximate surface area is 207 Å². The third-order valence-electron chi connectivity index (χ3n) is 8.16. The molecule has 35 heavy (non-hydrogen) atoms. The Balaban J connectivity index is 1.47. The van der Waals surface area contributed by atoms with Crippen LogP contribution in [0.1, 0.15) is 63.4 Å². The molecule has 1 aromatic carbocycles. The van der Waals surface area contributed by atoms with Crippen molar-refractivity contribution in [2.24, 2.45) is 5.41 Å². The van der Waals surface area contributed by atoms with E-state index in [1.54, 1.807) is 32.2 Å². The summed E-state index contributed by atoms with van der Waals surface area (Å²) in [7, 11) is -3.45. The summed E-state index contributed by atoms with van der Waals surface area (Å²) in [6.07, 6.45) is 9.71. The molecule has 2 heterocycles. The van der Waals surface area contributed by atoms with Crippen molar-refractivity contribution in [3.05, 3.63) is 77.4 Å². The average molecular weight is 492 g/mol. The van der Waals surface area contributed by atoms with E-state index in [1.807, 2.05) is 41.2 Å². The molecule has 2 aliphatic rings. The van der Waals surface area contributed by atoms with E-state index in [0.29, 0.717) is 25.0 Å². The van der Waals surface area contributed by atoms with Crippen molar-refractivity contribution in [3.63, 3.8) is 0 Å². The van der Waals surface area contributed by atoms with Crippen LogP contribution in [0.4, 0.5) is 0 Å². The van der Waals surface area contributed by atoms with Crippen LogP contribution in [-0.4, -0.2) is 39.1 Å². The van der Waals surface area contributed by atoms with Crippen LogP contribution in [0.25, 0.3) is 11.8 Å². The highest BCUT2D eigenvalue weighted by Gasteiger charge is 2.56. The van der Waals surface area contributed by atoms with E-state index in [2.05, 4.69) is 23.1 Å². The molecule has 0 saturated heterocycles. The van der Waals surface area contributed by atoms with E-state index < -0.39 is 20.7 Å². The fourth-order valence-electron chi connectivity index (χ4n) is 6.05. The maximum Gasteiger partial charge on any atom is 0.182 e. The highest BCUT2D eigenvalue weighted by Crippen LogP contribution is 2.59. The number of aryl methyl sites for hydroxylation is 1. The quantitative estimate of drug-likeness (QED) is 0.506. The summed E-state index contributed by atoms with van der Waals surface area (Å²) in [4.78, 5) is 4.71. The van der Waals surface area contributed by atoms with Gasteiger partial charge in [-0.05, 0) is 88.3 Å². The van der Waals surface area contributed by atoms with Gasteiger partial charge in [0.15, 0.2) is 9.84 Å². The zero-order chi connectivity index (χ0) is 24.8. The van der Waals surface area contributed by atoms with E-state index in [4.69, 9.17) is 0 Å². The first-order valence-electron chi connectivity index (χ1n) is 12.5. The summed E-state index contributed by atoms with van der Waals surface area (Å²) >= 11 is 0. The molecule has 0 spiro atoms. The third kappa shape index (κ3) is 3.76. The van der Waals surface area contributed by atoms with Crippen molar-refractivity contribution in [1.82, 2.24) is 14.8 Å². The van der Waals surface area contributed by atoms with Crippen molar-refractivity contribution in [3.8, 4) is 5.69 Å². The topological polar surface area (TPSA) is 85.1 Å². The van der Waals surface area contributed by atoms with Gasteiger partial charge in [-0.1, -0.05) is 30.7 Å². The molecule has 0 amide bonds. The fourth-order valence-corrected chi connectivity index (χ4v) is 7.31. The zero-order valence-corrected chi connectivity index (χ0v) is 21.4. The van der Waals surface area contributed by atoms with Crippen LogP contribution < -0.4 is 0 Å². The predicted octanol–water partition coefficient (Wildman–Crippen LogP) is 4.94. The van der Waals surface area contributed by atoms with Gasteiger partial charge in [-0.3, -0.25) is 4.98 Å². The van der Waals surface area contributed by atoms with Crippen molar-refractivity contribution in [1.29, 1.82) is 0 Å². The smallest absolute Gasteiger partial charge is 0.182 e. The standard InChI is InChI=1S/C28H33N3O3S/c1-4-27-18-21-19-30-31(23-9-6-5-7-10-23)25(21)17-22(27)12-14-28(27,32)15-13-24-26(11-8-16-29-24)35(33,34)20(2)3/h5-11,16-17,19-20,32H,4,12-15,18H2,1-3H3/t27-,28+/m0/s1. The number of aromatic nitrogens is 3. The maximum absolute atomic E-state index is 12.9. The summed E-state index contributed by atoms with van der Waals surface area (Å²) in [5.74, 6) is 0. The largest absolute Gasteiger partial charge is 0.389 e. The van der Waals surface area contributed by atoms with Gasteiger partial charge in [0.2, 0.25) is 0 Å². The molecule has 0 radical (unpaired) electrons. The molecule has 7 heteroatoms. The SMILES string of the molecule is CC[C@]12Cc3cnn(-c4ccccc4)c3C=C1CC[C@@]2(O)CCc1ncccc1S(=O)(=O)C(C)C. The lowest BCUT2D eigenvalue weighted by molar-refractivity contribution is -0.0571. The minimum Gasteiger partial charge on any atom is -0.389 e. The number of fused-ring (bicyclic) bond motifs is 2. The maximum atomic E-state index is 12.9. The molecule has 1 saturated carbocycles. The van der Waals surface area contributed by atoms with Crippen LogP contribution in [0.3, 0.4) is 0 Å². The van der Waals surface area contributed by atoms with Gasteiger partial charge < -0.3 is 5.11 Å². The van der Waals surface area contributed by atoms with Crippen LogP contribution in [-0.2, 0) is 22.7 Å². The first-order chi connectivity index (χ1) is 16.7. The van der Waals surface area contributed by atoms with Crippen molar-refractivity contribution in [2.45, 2.75) is 75.0 Å². The molecule has 184 valence electrons. The van der Waals surface area contributed by atoms with E-state index >= 15 is 0 Å². The van der Waals surface area contributed by atoms with Crippen LogP contribution in [0.5, 0.6) is 0 Å². The Kier molecular flexibility index (Phi) is 5.96. The number of sulfone groups is 1. The predicted molar refractivity (Wildman–Crippen MR) is 137 cm³/mol. The molecule has 2 aliphatic carbocycles. The number of benzene rings is 1. The lowest BCUT2D eigenvalue weighted by atomic mass is 9.63. The Morgan fingerprint density at radius 2 is 1.91 bits per heavy atom. The highest BCUT2D eigenvalue weighted by atomic mass is 32.2. The number of pyridine rings is 1. The zero-order valence-electron chi connectivity index (χ0n) is 20.6. The van der Waals surface area contributed by atoms with Gasteiger partial charge >= 0.3 is 0 Å². The molecule has 3 aromatic rings. The number of hydrogen-bond acceptors (Lipinski definition) is 5. The van der Waals surface area contributed by atoms with Crippen molar-refractivity contribution >= 4 is 15.9 Å². The summed E-state index contributed by atoms with van der Waals surface area (Å²) < 4.78 is 27.8. The molecule has 6 nitrogen and oxygen atoms in total. The molecule has 1 fully saturated rings. The van der Waals surface area contributed by atoms with Gasteiger partial charge in [-0.15, -0.1) is 0 Å². The van der Waals surface area contributed by atoms with Gasteiger partial charge in [0.25, 0.3) is 0 Å². The highest BCUT2D eigenvalue weighted by molar-refractivity contribution is 7.92. The van der Waals surface area contributed by atoms with E-state index in [0.717, 1.165) is 36.2 Å². The van der Waals surface area contributed by atoms with E-state index in [9.17, 15) is 13.5 Å². The molecule has 0 bridgehead atoms. The normalized spacial score (nSPS) is 23.7. The van der Waals surface area contributed by atoms with Crippen LogP contribution in [0.15, 0.2) is 65.3 Å². The Hall–Kier alpha value is -2.77. The second-order valence-electron chi connectivity index (χ2n) is 10.2. The second-order valence-corrected chi connectivity index (χ2v) is 12.6. The molecule has 0 aliphatic heterocycles. The molecule has 1 N–H and O–H groups in total. The minimum absolute atomic E-state index is 0.285. The number of aliphatic hydroxyl groups is 1. The number of rotatable bonds is 7. The molecular formula is C28H33N3O3S. The van der Waals surface area contributed by atoms with Crippen LogP contribution in [0.2, 0.25) is 0 Å². The number of nitrogens with zero attached hydrogens (tertiary/aromatic N) is 3. The van der Waals surface area contributed by atoms with Gasteiger partial charge in [0.1, 0.15) is 0 Å². The number of hydrogen-bond donors (Lipinski definition) is 1. The molecular weight excluding hydrogens is 458 g/mol. The lowest BCUT2D eigenvalue weighted by Crippen LogP contribution is -2.47. The minimum atomic E-state index is -3.45. The van der Waals surface area contributed by atoms with E-state index in [1.165, 1.54) is 5.57 Å². The Bertz CT molecular complexity index is 1380. The summed E-state index contributed by atoms with van der Waals surface area (Å²) in [6.45, 7) is 5.52. The monoisotopic (exact) mass is 491 g/mol. The molecule has 2 aromatic heterocycles. The van der Waals surface area contributed by atoms with Gasteiger partial charge in [0, 0.05) is 11.6 Å². The van der Waals surface area contributed by atoms with Gasteiger partial charge in [-0.25, -0.2) is 13.1 Å². The lowest BCUT2D eigenvalue weighted by Gasteiger charge is -2.45. The summed E-state index contributed by atoms with van der Waals surface area (Å²) in [5, 5.41) is 16.3. The Morgan fingerprint density at radius 3 is 2.63 bits per heavy atom. The van der Waals surface area contributed by atoms with Gasteiger partial charge in [-0.2, -0.15) is 5.10 Å². The first-order valence-corrected chi connectivity index (χ1v) is 14.0. The average Bonchev–Trinajstić information content (AvgIpc) is 3.40. The third-order valence-corrected chi connectivity index (χ3v) is 10.4. The van der Waals surface area contributed by atoms with Crippen LogP contribution in [0, 0.1) is 5.41 Å². The van der Waals surface area contributed by atoms with Crippen LogP contribution >= 0.6 is 0 Å². The number of para-hydroxylation sites is 1. The molecule has 2 atom stereocenters. The van der Waals surface area contributed by atoms with Crippen molar-refractivity contribution < 1.29 is 13.5 Å². The van der Waals surface area contributed by atoms with E-state index in [-0.39, 0.29) is 10.3 Å². The summed E-state index contributed by atoms with van der Waals surface area (Å²) in [6, 6.07) is 13.4. The fraction of sp³-hybridized carbons (Fsp3) is 0.429. The summed E-state index contributed by atoms with van der Waals surface area (Å²) in [5.41, 5.74) is 3.76. The van der Waals surface area contributed by atoms with Gasteiger partial charge in [0.05, 0.1) is 39.0 Å². The van der Waals surface area contributed by atoms with Crippen molar-refractivity contribution in [2.75, 3.05) is 0 Å². The second kappa shape index (κ2) is 8.71. The first kappa shape index (κ1) is 23.9. The molecule has 5 rings (SSSR count).